The zero-order chi connectivity index (χ0) is 56.4. The van der Waals surface area contributed by atoms with Crippen LogP contribution in [0.1, 0.15) is 0 Å². The van der Waals surface area contributed by atoms with E-state index in [4.69, 9.17) is 224 Å². The summed E-state index contributed by atoms with van der Waals surface area (Å²) in [4.78, 5) is 0. The van der Waals surface area contributed by atoms with Gasteiger partial charge in [0.25, 0.3) is 0 Å². The normalized spacial score (nSPS) is 12.1. The van der Waals surface area contributed by atoms with Crippen molar-refractivity contribution in [1.29, 1.82) is 0 Å². The van der Waals surface area contributed by atoms with Crippen LogP contribution in [0.2, 0.25) is 0 Å². The predicted molar refractivity (Wildman–Crippen MR) is 360 cm³/mol. The van der Waals surface area contributed by atoms with E-state index in [1.165, 1.54) is 0 Å². The number of furan rings is 1. The van der Waals surface area contributed by atoms with E-state index in [1.807, 2.05) is 0 Å². The van der Waals surface area contributed by atoms with E-state index in [-0.39, 0.29) is 262 Å². The van der Waals surface area contributed by atoms with Crippen molar-refractivity contribution in [2.75, 3.05) is 0 Å². The van der Waals surface area contributed by atoms with Crippen LogP contribution in [0.25, 0.3) is 109 Å². The number of hydrogen-bond donors (Lipinski definition) is 0. The summed E-state index contributed by atoms with van der Waals surface area (Å²) in [5, 5.41) is 0.616. The lowest BCUT2D eigenvalue weighted by molar-refractivity contribution is 0.675. The van der Waals surface area contributed by atoms with Crippen LogP contribution in [0.5, 0.6) is 0 Å². The van der Waals surface area contributed by atoms with Crippen molar-refractivity contribution in [1.82, 2.24) is 0 Å². The second kappa shape index (κ2) is 17.9. The SMILES string of the molecule is [B]c1c([B])c(-c2c3c([B])c([B])c([B])c([B])c3c(-c3c([B])c4c([B])c([B])c5c([B])c([B])c([B])c([B])c5c4c4c([B])c([B])c([B])c([B])c34)c3c([B])c([B])c([B])c([B])c23)c2c(oc3c([B])c4c([B])c([B])c([B])c([B])c4c([B])c32)c1[B]. The Balaban J connectivity index is 1.52. The molecule has 0 aliphatic carbocycles. The molecule has 0 fully saturated rings. The molecule has 10 aromatic carbocycles. The molecule has 29 heteroatoms. The molecule has 0 amide bonds. The molecule has 0 aliphatic heterocycles. The summed E-state index contributed by atoms with van der Waals surface area (Å²) in [5.41, 5.74) is -4.52. The number of benzene rings is 10. The van der Waals surface area contributed by atoms with Gasteiger partial charge in [-0.2, -0.15) is 0 Å². The molecule has 282 valence electrons. The summed E-state index contributed by atoms with van der Waals surface area (Å²) in [7, 11) is 193. The van der Waals surface area contributed by atoms with Crippen molar-refractivity contribution < 1.29 is 4.42 Å². The Labute approximate surface area is 482 Å². The Bertz CT molecular complexity index is 4690. The van der Waals surface area contributed by atoms with E-state index < -0.39 is 0 Å². The average molecular weight is 895 g/mol. The zero-order valence-electron chi connectivity index (χ0n) is 40.6. The lowest BCUT2D eigenvalue weighted by Gasteiger charge is -2.33. The van der Waals surface area contributed by atoms with Gasteiger partial charge >= 0.3 is 0 Å². The maximum Gasteiger partial charge on any atom is 0.128 e. The van der Waals surface area contributed by atoms with E-state index in [1.54, 1.807) is 0 Å². The third-order valence-corrected chi connectivity index (χ3v) is 15.5. The van der Waals surface area contributed by atoms with Crippen molar-refractivity contribution in [2.24, 2.45) is 0 Å². The second-order valence-electron chi connectivity index (χ2n) is 19.1. The molecular weight excluding hydrogens is 895 g/mol. The minimum absolute atomic E-state index is 0.00138. The standard InChI is InChI=1S/C48B28O/c49-19-4(12-9(25(55)39(69)41(71)28(12)58)3-11-15(30(60)29(59)14(3)19)31(61)42(72)40(70)27(11)57)1-5-7(23(53)37(67)35(65)21(5)51)2(8-6(1)22(52)36(66)38(68)24(8)54)10-13-18-20(50)16-17(33(63)44(74)43(73)32(16)62)34(64)48(18)77-47(13)46(76)45(75)26(10)56. The maximum absolute atomic E-state index is 7.57. The van der Waals surface area contributed by atoms with Crippen molar-refractivity contribution in [3.63, 3.8) is 0 Å². The smallest absolute Gasteiger partial charge is 0.128 e. The topological polar surface area (TPSA) is 13.1 Å². The first-order chi connectivity index (χ1) is 36.0. The molecule has 1 aromatic heterocycles. The first-order valence-corrected chi connectivity index (χ1v) is 22.7. The summed E-state index contributed by atoms with van der Waals surface area (Å²) in [6.07, 6.45) is 0. The Morgan fingerprint density at radius 3 is 0.701 bits per heavy atom. The van der Waals surface area contributed by atoms with Crippen molar-refractivity contribution in [3.8, 4) is 22.3 Å². The Morgan fingerprint density at radius 2 is 0.338 bits per heavy atom. The van der Waals surface area contributed by atoms with Gasteiger partial charge in [-0.3, -0.25) is 0 Å². The molecule has 0 N–H and O–H groups in total. The van der Waals surface area contributed by atoms with E-state index in [0.717, 1.165) is 0 Å². The van der Waals surface area contributed by atoms with Crippen LogP contribution in [0.3, 0.4) is 0 Å². The number of hydrogen-bond acceptors (Lipinski definition) is 1. The van der Waals surface area contributed by atoms with Gasteiger partial charge in [-0.1, -0.05) is 87.4 Å². The summed E-state index contributed by atoms with van der Waals surface area (Å²) < 4.78 is 6.55. The largest absolute Gasteiger partial charge is 0.457 e. The molecular formula is C48B28O. The molecule has 0 aliphatic rings. The van der Waals surface area contributed by atoms with Gasteiger partial charge in [-0.25, -0.2) is 0 Å². The molecule has 0 atom stereocenters. The predicted octanol–water partition coefficient (Wildman–Crippen LogP) is -19.9. The number of fused-ring (bicyclic) bond motifs is 11. The molecule has 0 saturated carbocycles. The van der Waals surface area contributed by atoms with Gasteiger partial charge in [0.15, 0.2) is 0 Å². The summed E-state index contributed by atoms with van der Waals surface area (Å²) in [5.74, 6) is 0. The lowest BCUT2D eigenvalue weighted by Crippen LogP contribution is -2.51. The molecule has 1 heterocycles. The highest BCUT2D eigenvalue weighted by Crippen LogP contribution is 2.45. The third kappa shape index (κ3) is 6.65. The van der Waals surface area contributed by atoms with Crippen LogP contribution in [-0.4, -0.2) is 220 Å². The minimum atomic E-state index is -0.228. The minimum Gasteiger partial charge on any atom is -0.457 e. The summed E-state index contributed by atoms with van der Waals surface area (Å²) in [6, 6.07) is 0. The van der Waals surface area contributed by atoms with Gasteiger partial charge in [0.1, 0.15) is 231 Å². The highest BCUT2D eigenvalue weighted by molar-refractivity contribution is 6.79. The van der Waals surface area contributed by atoms with Crippen molar-refractivity contribution >= 4 is 459 Å². The van der Waals surface area contributed by atoms with Crippen LogP contribution in [-0.2, 0) is 0 Å². The van der Waals surface area contributed by atoms with Gasteiger partial charge in [-0.15, -0.1) is 60.1 Å². The fourth-order valence-electron chi connectivity index (χ4n) is 11.5. The highest BCUT2D eigenvalue weighted by atomic mass is 16.3. The Hall–Kier alpha value is -4.62. The van der Waals surface area contributed by atoms with Crippen LogP contribution in [0.4, 0.5) is 0 Å². The fraction of sp³-hybridized carbons (Fsp3) is 0. The molecule has 1 nitrogen and oxygen atoms in total. The highest BCUT2D eigenvalue weighted by Gasteiger charge is 2.33. The van der Waals surface area contributed by atoms with E-state index in [9.17, 15) is 0 Å². The lowest BCUT2D eigenvalue weighted by atomic mass is 9.56. The zero-order valence-corrected chi connectivity index (χ0v) is 40.6. The van der Waals surface area contributed by atoms with Gasteiger partial charge < -0.3 is 4.42 Å². The number of rotatable bonds is 2. The molecule has 0 spiro atoms. The first-order valence-electron chi connectivity index (χ1n) is 22.7. The van der Waals surface area contributed by atoms with Crippen LogP contribution in [0, 0.1) is 0 Å². The van der Waals surface area contributed by atoms with Gasteiger partial charge in [-0.05, 0) is 92.4 Å². The first kappa shape index (κ1) is 54.3. The molecule has 56 radical (unpaired) electrons. The molecule has 11 aromatic rings. The molecule has 0 bridgehead atoms. The summed E-state index contributed by atoms with van der Waals surface area (Å²) in [6.45, 7) is 0. The van der Waals surface area contributed by atoms with Gasteiger partial charge in [0, 0.05) is 10.8 Å². The van der Waals surface area contributed by atoms with Crippen LogP contribution >= 0.6 is 0 Å². The monoisotopic (exact) mass is 900 g/mol. The van der Waals surface area contributed by atoms with Crippen molar-refractivity contribution in [3.05, 3.63) is 0 Å². The maximum atomic E-state index is 7.57. The Morgan fingerprint density at radius 1 is 0.117 bits per heavy atom. The van der Waals surface area contributed by atoms with E-state index in [0.29, 0.717) is 0 Å². The van der Waals surface area contributed by atoms with Gasteiger partial charge in [0.2, 0.25) is 0 Å². The Kier molecular flexibility index (Phi) is 12.7. The van der Waals surface area contributed by atoms with E-state index >= 15 is 0 Å². The molecule has 11 rings (SSSR count). The molecule has 0 saturated heterocycles. The average Bonchev–Trinajstić information content (AvgIpc) is 3.83. The third-order valence-electron chi connectivity index (χ3n) is 15.5. The van der Waals surface area contributed by atoms with Crippen molar-refractivity contribution in [2.45, 2.75) is 0 Å². The molecule has 77 heavy (non-hydrogen) atoms. The molecule has 0 unspecified atom stereocenters. The fourth-order valence-corrected chi connectivity index (χ4v) is 11.5. The summed E-state index contributed by atoms with van der Waals surface area (Å²) >= 11 is 0. The van der Waals surface area contributed by atoms with Crippen LogP contribution in [0.15, 0.2) is 4.42 Å². The van der Waals surface area contributed by atoms with E-state index in [2.05, 4.69) is 0 Å². The van der Waals surface area contributed by atoms with Crippen LogP contribution < -0.4 is 153 Å². The quantitative estimate of drug-likeness (QED) is 0.0957. The second-order valence-corrected chi connectivity index (χ2v) is 19.1. The van der Waals surface area contributed by atoms with Gasteiger partial charge in [0.05, 0.1) is 0 Å².